The second-order valence-corrected chi connectivity index (χ2v) is 7.89. The lowest BCUT2D eigenvalue weighted by atomic mass is 9.45. The Morgan fingerprint density at radius 3 is 2.57 bits per heavy atom. The van der Waals surface area contributed by atoms with Crippen LogP contribution in [-0.2, 0) is 14.4 Å². The van der Waals surface area contributed by atoms with E-state index in [-0.39, 0.29) is 23.1 Å². The molecule has 1 fully saturated rings. The summed E-state index contributed by atoms with van der Waals surface area (Å²) in [5, 5.41) is 9.37. The zero-order valence-corrected chi connectivity index (χ0v) is 13.8. The summed E-state index contributed by atoms with van der Waals surface area (Å²) in [5.41, 5.74) is -0.940. The van der Waals surface area contributed by atoms with E-state index < -0.39 is 16.2 Å². The number of nitrogens with zero attached hydrogens (tertiary/aromatic N) is 1. The molecule has 0 aromatic heterocycles. The van der Waals surface area contributed by atoms with Crippen LogP contribution in [0.2, 0.25) is 0 Å². The summed E-state index contributed by atoms with van der Waals surface area (Å²) in [7, 11) is 0. The molecule has 3 aliphatic carbocycles. The summed E-state index contributed by atoms with van der Waals surface area (Å²) in [6.07, 6.45) is 6.65. The zero-order valence-electron chi connectivity index (χ0n) is 13.8. The predicted octanol–water partition coefficient (Wildman–Crippen LogP) is 2.94. The van der Waals surface area contributed by atoms with E-state index in [0.29, 0.717) is 19.3 Å². The number of nitriles is 1. The van der Waals surface area contributed by atoms with Crippen LogP contribution in [0.5, 0.6) is 0 Å². The normalized spacial score (nSPS) is 38.6. The van der Waals surface area contributed by atoms with Crippen LogP contribution in [0.15, 0.2) is 23.3 Å². The molecule has 0 heterocycles. The number of aldehydes is 1. The predicted molar refractivity (Wildman–Crippen MR) is 84.1 cm³/mol. The van der Waals surface area contributed by atoms with Crippen molar-refractivity contribution in [2.24, 2.45) is 22.2 Å². The van der Waals surface area contributed by atoms with Gasteiger partial charge in [0.25, 0.3) is 0 Å². The van der Waals surface area contributed by atoms with Crippen molar-refractivity contribution >= 4 is 17.9 Å². The molecule has 1 unspecified atom stereocenters. The maximum absolute atomic E-state index is 12.6. The summed E-state index contributed by atoms with van der Waals surface area (Å²) >= 11 is 0. The van der Waals surface area contributed by atoms with E-state index in [1.807, 2.05) is 26.8 Å². The highest BCUT2D eigenvalue weighted by atomic mass is 16.1. The van der Waals surface area contributed by atoms with Gasteiger partial charge in [0, 0.05) is 22.7 Å². The fourth-order valence-electron chi connectivity index (χ4n) is 5.12. The molecule has 0 aromatic rings. The van der Waals surface area contributed by atoms with Crippen molar-refractivity contribution in [1.82, 2.24) is 0 Å². The van der Waals surface area contributed by atoms with Gasteiger partial charge in [-0.2, -0.15) is 5.26 Å². The smallest absolute Gasteiger partial charge is 0.178 e. The molecule has 120 valence electrons. The lowest BCUT2D eigenvalue weighted by Gasteiger charge is -2.57. The summed E-state index contributed by atoms with van der Waals surface area (Å²) < 4.78 is 0. The summed E-state index contributed by atoms with van der Waals surface area (Å²) in [6, 6.07) is 2.02. The second kappa shape index (κ2) is 4.74. The van der Waals surface area contributed by atoms with Crippen molar-refractivity contribution in [2.45, 2.75) is 46.5 Å². The first-order valence-corrected chi connectivity index (χ1v) is 8.11. The van der Waals surface area contributed by atoms with E-state index in [0.717, 1.165) is 18.3 Å². The topological polar surface area (TPSA) is 75.0 Å². The van der Waals surface area contributed by atoms with E-state index >= 15 is 0 Å². The SMILES string of the molecule is CC1(C)C(=O)C(C#N)=C[C@]2(C)C3=CC(=O)CCC3(C=O)CC[C@@H]12. The maximum atomic E-state index is 12.6. The highest BCUT2D eigenvalue weighted by Gasteiger charge is 2.59. The molecule has 3 aliphatic rings. The molecule has 3 rings (SSSR count). The first-order valence-electron chi connectivity index (χ1n) is 8.11. The minimum atomic E-state index is -0.676. The van der Waals surface area contributed by atoms with Crippen LogP contribution in [0.1, 0.15) is 46.5 Å². The highest BCUT2D eigenvalue weighted by Crippen LogP contribution is 2.63. The van der Waals surface area contributed by atoms with Crippen LogP contribution in [0, 0.1) is 33.5 Å². The minimum absolute atomic E-state index is 0.00942. The number of fused-ring (bicyclic) bond motifs is 3. The quantitative estimate of drug-likeness (QED) is 0.698. The lowest BCUT2D eigenvalue weighted by molar-refractivity contribution is -0.132. The summed E-state index contributed by atoms with van der Waals surface area (Å²) in [6.45, 7) is 5.73. The Morgan fingerprint density at radius 1 is 1.26 bits per heavy atom. The molecule has 0 saturated heterocycles. The molecular formula is C19H21NO3. The molecule has 0 N–H and O–H groups in total. The van der Waals surface area contributed by atoms with Gasteiger partial charge >= 0.3 is 0 Å². The number of hydrogen-bond acceptors (Lipinski definition) is 4. The van der Waals surface area contributed by atoms with Crippen molar-refractivity contribution in [3.05, 3.63) is 23.3 Å². The fraction of sp³-hybridized carbons (Fsp3) is 0.579. The first kappa shape index (κ1) is 15.9. The molecule has 0 amide bonds. The molecule has 0 aromatic carbocycles. The van der Waals surface area contributed by atoms with E-state index in [4.69, 9.17) is 0 Å². The third-order valence-electron chi connectivity index (χ3n) is 6.33. The standard InChI is InChI=1S/C19H21NO3/c1-17(2)14-5-7-19(11-21)6-4-13(22)8-15(19)18(14,3)9-12(10-20)16(17)23/h8-9,11,14H,4-7H2,1-3H3/t14-,18-,19?/m0/s1. The van der Waals surface area contributed by atoms with Crippen molar-refractivity contribution in [3.63, 3.8) is 0 Å². The Kier molecular flexibility index (Phi) is 3.27. The van der Waals surface area contributed by atoms with Gasteiger partial charge in [-0.15, -0.1) is 0 Å². The van der Waals surface area contributed by atoms with Gasteiger partial charge < -0.3 is 4.79 Å². The zero-order chi connectivity index (χ0) is 17.0. The highest BCUT2D eigenvalue weighted by molar-refractivity contribution is 6.04. The van der Waals surface area contributed by atoms with E-state index in [9.17, 15) is 19.6 Å². The van der Waals surface area contributed by atoms with Crippen LogP contribution in [-0.4, -0.2) is 17.9 Å². The Hall–Kier alpha value is -2.02. The fourth-order valence-corrected chi connectivity index (χ4v) is 5.12. The maximum Gasteiger partial charge on any atom is 0.178 e. The monoisotopic (exact) mass is 311 g/mol. The van der Waals surface area contributed by atoms with Crippen molar-refractivity contribution in [3.8, 4) is 6.07 Å². The molecule has 3 atom stereocenters. The third-order valence-corrected chi connectivity index (χ3v) is 6.33. The molecule has 1 saturated carbocycles. The second-order valence-electron chi connectivity index (χ2n) is 7.89. The van der Waals surface area contributed by atoms with Crippen LogP contribution in [0.3, 0.4) is 0 Å². The number of carbonyl (C=O) groups excluding carboxylic acids is 3. The van der Waals surface area contributed by atoms with E-state index in [1.165, 1.54) is 0 Å². The Labute approximate surface area is 136 Å². The van der Waals surface area contributed by atoms with Gasteiger partial charge in [-0.1, -0.05) is 26.8 Å². The molecule has 0 radical (unpaired) electrons. The average molecular weight is 311 g/mol. The van der Waals surface area contributed by atoms with E-state index in [2.05, 4.69) is 0 Å². The van der Waals surface area contributed by atoms with Gasteiger partial charge in [0.15, 0.2) is 11.6 Å². The molecule has 0 spiro atoms. The van der Waals surface area contributed by atoms with Gasteiger partial charge in [0.2, 0.25) is 0 Å². The van der Waals surface area contributed by atoms with Crippen molar-refractivity contribution in [1.29, 1.82) is 5.26 Å². The van der Waals surface area contributed by atoms with Gasteiger partial charge in [-0.25, -0.2) is 0 Å². The number of carbonyl (C=O) groups is 3. The Balaban J connectivity index is 2.28. The minimum Gasteiger partial charge on any atom is -0.302 e. The van der Waals surface area contributed by atoms with Crippen LogP contribution in [0.25, 0.3) is 0 Å². The van der Waals surface area contributed by atoms with Crippen molar-refractivity contribution in [2.75, 3.05) is 0 Å². The number of allylic oxidation sites excluding steroid dienone is 4. The molecular weight excluding hydrogens is 290 g/mol. The molecule has 4 nitrogen and oxygen atoms in total. The Morgan fingerprint density at radius 2 is 1.96 bits per heavy atom. The number of hydrogen-bond donors (Lipinski definition) is 0. The van der Waals surface area contributed by atoms with Crippen LogP contribution in [0.4, 0.5) is 0 Å². The van der Waals surface area contributed by atoms with Gasteiger partial charge in [-0.05, 0) is 36.8 Å². The van der Waals surface area contributed by atoms with E-state index in [1.54, 1.807) is 12.2 Å². The van der Waals surface area contributed by atoms with Crippen LogP contribution >= 0.6 is 0 Å². The van der Waals surface area contributed by atoms with Gasteiger partial charge in [0.05, 0.1) is 5.57 Å². The Bertz CT molecular complexity index is 721. The van der Waals surface area contributed by atoms with Crippen molar-refractivity contribution < 1.29 is 14.4 Å². The number of Topliss-reactive ketones (excluding diaryl/α,β-unsaturated/α-hetero) is 1. The molecule has 23 heavy (non-hydrogen) atoms. The number of ketones is 2. The first-order chi connectivity index (χ1) is 10.7. The van der Waals surface area contributed by atoms with Crippen LogP contribution < -0.4 is 0 Å². The lowest BCUT2D eigenvalue weighted by Crippen LogP contribution is -2.54. The molecule has 4 heteroatoms. The molecule has 0 aliphatic heterocycles. The van der Waals surface area contributed by atoms with Gasteiger partial charge in [0.1, 0.15) is 12.4 Å². The summed E-state index contributed by atoms with van der Waals surface area (Å²) in [4.78, 5) is 36.5. The largest absolute Gasteiger partial charge is 0.302 e. The number of rotatable bonds is 1. The third kappa shape index (κ3) is 1.92. The van der Waals surface area contributed by atoms with Gasteiger partial charge in [-0.3, -0.25) is 9.59 Å². The average Bonchev–Trinajstić information content (AvgIpc) is 2.52. The summed E-state index contributed by atoms with van der Waals surface area (Å²) in [5.74, 6) is -0.116. The molecule has 0 bridgehead atoms.